The first kappa shape index (κ1) is 16.2. The van der Waals surface area contributed by atoms with E-state index in [9.17, 15) is 14.4 Å². The molecule has 0 aromatic carbocycles. The number of hydrogen-bond acceptors (Lipinski definition) is 5. The van der Waals surface area contributed by atoms with Gasteiger partial charge in [-0.2, -0.15) is 0 Å². The Hall–Kier alpha value is -1.79. The van der Waals surface area contributed by atoms with Gasteiger partial charge in [0.15, 0.2) is 0 Å². The molecule has 0 aromatic heterocycles. The van der Waals surface area contributed by atoms with Gasteiger partial charge in [0.25, 0.3) is 0 Å². The summed E-state index contributed by atoms with van der Waals surface area (Å²) in [5, 5.41) is 2.25. The zero-order valence-corrected chi connectivity index (χ0v) is 11.1. The minimum atomic E-state index is -1.13. The van der Waals surface area contributed by atoms with Gasteiger partial charge in [0.05, 0.1) is 13.0 Å². The second-order valence-corrected chi connectivity index (χ2v) is 4.62. The first-order valence-electron chi connectivity index (χ1n) is 5.60. The first-order valence-corrected chi connectivity index (χ1v) is 5.60. The Morgan fingerprint density at radius 2 is 1.83 bits per heavy atom. The summed E-state index contributed by atoms with van der Waals surface area (Å²) in [6.45, 7) is 6.80. The molecule has 0 aromatic rings. The van der Waals surface area contributed by atoms with E-state index in [1.54, 1.807) is 27.7 Å². The molecule has 7 nitrogen and oxygen atoms in total. The van der Waals surface area contributed by atoms with Crippen LogP contribution >= 0.6 is 0 Å². The topological polar surface area (TPSA) is 108 Å². The van der Waals surface area contributed by atoms with Gasteiger partial charge in [0.2, 0.25) is 5.91 Å². The van der Waals surface area contributed by atoms with Gasteiger partial charge in [0, 0.05) is 0 Å². The highest BCUT2D eigenvalue weighted by Gasteiger charge is 2.26. The summed E-state index contributed by atoms with van der Waals surface area (Å²) in [6.07, 6.45) is -1.14. The van der Waals surface area contributed by atoms with E-state index in [2.05, 4.69) is 5.32 Å². The number of primary amides is 1. The molecule has 0 radical (unpaired) electrons. The fraction of sp³-hybridized carbons (Fsp3) is 0.727. The van der Waals surface area contributed by atoms with Crippen molar-refractivity contribution in [3.63, 3.8) is 0 Å². The molecule has 0 bridgehead atoms. The lowest BCUT2D eigenvalue weighted by atomic mass is 10.2. The average Bonchev–Trinajstić information content (AvgIpc) is 2.13. The summed E-state index contributed by atoms with van der Waals surface area (Å²) in [6, 6.07) is -1.13. The molecule has 0 spiro atoms. The molecule has 0 fully saturated rings. The lowest BCUT2D eigenvalue weighted by Gasteiger charge is -2.22. The van der Waals surface area contributed by atoms with E-state index < -0.39 is 29.6 Å². The van der Waals surface area contributed by atoms with E-state index in [1.807, 2.05) is 0 Å². The van der Waals surface area contributed by atoms with Crippen molar-refractivity contribution in [1.82, 2.24) is 5.32 Å². The summed E-state index contributed by atoms with van der Waals surface area (Å²) < 4.78 is 9.69. The summed E-state index contributed by atoms with van der Waals surface area (Å²) in [5.74, 6) is -1.44. The van der Waals surface area contributed by atoms with Gasteiger partial charge in [-0.1, -0.05) is 0 Å². The predicted octanol–water partition coefficient (Wildman–Crippen LogP) is 0.318. The molecule has 7 heteroatoms. The second-order valence-electron chi connectivity index (χ2n) is 4.62. The number of carbonyl (C=O) groups excluding carboxylic acids is 3. The van der Waals surface area contributed by atoms with Gasteiger partial charge < -0.3 is 20.5 Å². The van der Waals surface area contributed by atoms with Gasteiger partial charge in [-0.3, -0.25) is 4.79 Å². The molecule has 0 saturated heterocycles. The van der Waals surface area contributed by atoms with Crippen LogP contribution in [-0.4, -0.2) is 36.2 Å². The number of rotatable bonds is 5. The van der Waals surface area contributed by atoms with Crippen LogP contribution in [0.25, 0.3) is 0 Å². The van der Waals surface area contributed by atoms with Gasteiger partial charge in [0.1, 0.15) is 11.6 Å². The number of esters is 1. The second kappa shape index (κ2) is 6.83. The highest BCUT2D eigenvalue weighted by molar-refractivity contribution is 5.87. The third-order valence-electron chi connectivity index (χ3n) is 1.67. The van der Waals surface area contributed by atoms with Crippen LogP contribution in [0.2, 0.25) is 0 Å². The van der Waals surface area contributed by atoms with Crippen LogP contribution in [0.1, 0.15) is 34.1 Å². The number of alkyl carbamates (subject to hydrolysis) is 1. The first-order chi connectivity index (χ1) is 8.15. The maximum atomic E-state index is 11.5. The predicted molar refractivity (Wildman–Crippen MR) is 63.6 cm³/mol. The van der Waals surface area contributed by atoms with E-state index in [4.69, 9.17) is 15.2 Å². The van der Waals surface area contributed by atoms with Crippen molar-refractivity contribution in [3.05, 3.63) is 0 Å². The number of amides is 2. The van der Waals surface area contributed by atoms with E-state index in [0.29, 0.717) is 0 Å². The highest BCUT2D eigenvalue weighted by Crippen LogP contribution is 2.07. The minimum Gasteiger partial charge on any atom is -0.464 e. The maximum absolute atomic E-state index is 11.5. The van der Waals surface area contributed by atoms with Crippen molar-refractivity contribution in [2.24, 2.45) is 5.73 Å². The van der Waals surface area contributed by atoms with E-state index >= 15 is 0 Å². The Morgan fingerprint density at radius 1 is 1.28 bits per heavy atom. The third kappa shape index (κ3) is 7.48. The number of nitrogens with one attached hydrogen (secondary N) is 1. The van der Waals surface area contributed by atoms with E-state index in [0.717, 1.165) is 0 Å². The molecular weight excluding hydrogens is 240 g/mol. The van der Waals surface area contributed by atoms with Gasteiger partial charge in [-0.15, -0.1) is 0 Å². The van der Waals surface area contributed by atoms with Crippen LogP contribution in [0, 0.1) is 0 Å². The lowest BCUT2D eigenvalue weighted by molar-refractivity contribution is -0.147. The molecule has 0 aliphatic heterocycles. The Labute approximate surface area is 106 Å². The Kier molecular flexibility index (Phi) is 6.15. The largest absolute Gasteiger partial charge is 0.464 e. The van der Waals surface area contributed by atoms with Crippen LogP contribution in [-0.2, 0) is 19.1 Å². The monoisotopic (exact) mass is 260 g/mol. The summed E-state index contributed by atoms with van der Waals surface area (Å²) in [5.41, 5.74) is 4.29. The minimum absolute atomic E-state index is 0.143. The smallest absolute Gasteiger partial charge is 0.408 e. The number of nitrogens with two attached hydrogens (primary N) is 1. The SMILES string of the molecule is CCOC(=O)[C@H](CC(N)=O)NC(=O)OC(C)(C)C. The van der Waals surface area contributed by atoms with Crippen molar-refractivity contribution in [2.45, 2.75) is 45.8 Å². The molecule has 18 heavy (non-hydrogen) atoms. The molecule has 0 aliphatic carbocycles. The van der Waals surface area contributed by atoms with E-state index in [1.165, 1.54) is 0 Å². The van der Waals surface area contributed by atoms with Crippen molar-refractivity contribution in [1.29, 1.82) is 0 Å². The van der Waals surface area contributed by atoms with Crippen LogP contribution in [0.5, 0.6) is 0 Å². The molecule has 3 N–H and O–H groups in total. The zero-order valence-electron chi connectivity index (χ0n) is 11.1. The van der Waals surface area contributed by atoms with Gasteiger partial charge in [-0.05, 0) is 27.7 Å². The molecular formula is C11H20N2O5. The lowest BCUT2D eigenvalue weighted by Crippen LogP contribution is -2.46. The maximum Gasteiger partial charge on any atom is 0.408 e. The van der Waals surface area contributed by atoms with Crippen molar-refractivity contribution >= 4 is 18.0 Å². The molecule has 1 atom stereocenters. The van der Waals surface area contributed by atoms with E-state index in [-0.39, 0.29) is 13.0 Å². The van der Waals surface area contributed by atoms with Crippen molar-refractivity contribution in [3.8, 4) is 0 Å². The molecule has 104 valence electrons. The quantitative estimate of drug-likeness (QED) is 0.692. The van der Waals surface area contributed by atoms with Gasteiger partial charge in [-0.25, -0.2) is 9.59 Å². The highest BCUT2D eigenvalue weighted by atomic mass is 16.6. The van der Waals surface area contributed by atoms with Crippen LogP contribution in [0.4, 0.5) is 4.79 Å². The summed E-state index contributed by atoms with van der Waals surface area (Å²) >= 11 is 0. The molecule has 2 amide bonds. The van der Waals surface area contributed by atoms with Crippen molar-refractivity contribution < 1.29 is 23.9 Å². The van der Waals surface area contributed by atoms with Crippen molar-refractivity contribution in [2.75, 3.05) is 6.61 Å². The molecule has 0 aliphatic rings. The summed E-state index contributed by atoms with van der Waals surface area (Å²) in [7, 11) is 0. The Morgan fingerprint density at radius 3 is 2.22 bits per heavy atom. The third-order valence-corrected chi connectivity index (χ3v) is 1.67. The fourth-order valence-corrected chi connectivity index (χ4v) is 1.09. The Bertz CT molecular complexity index is 322. The normalized spacial score (nSPS) is 12.4. The number of ether oxygens (including phenoxy) is 2. The molecule has 0 rings (SSSR count). The Balaban J connectivity index is 4.54. The van der Waals surface area contributed by atoms with Crippen LogP contribution in [0.3, 0.4) is 0 Å². The van der Waals surface area contributed by atoms with Gasteiger partial charge >= 0.3 is 12.1 Å². The zero-order chi connectivity index (χ0) is 14.3. The molecule has 0 heterocycles. The van der Waals surface area contributed by atoms with Crippen LogP contribution < -0.4 is 11.1 Å². The number of carbonyl (C=O) groups is 3. The summed E-state index contributed by atoms with van der Waals surface area (Å²) in [4.78, 5) is 33.8. The molecule has 0 unspecified atom stereocenters. The standard InChI is InChI=1S/C11H20N2O5/c1-5-17-9(15)7(6-8(12)14)13-10(16)18-11(2,3)4/h7H,5-6H2,1-4H3,(H2,12,14)(H,13,16)/t7-/m0/s1. The van der Waals surface area contributed by atoms with Crippen LogP contribution in [0.15, 0.2) is 0 Å². The fourth-order valence-electron chi connectivity index (χ4n) is 1.09. The average molecular weight is 260 g/mol. The molecule has 0 saturated carbocycles. The number of hydrogen-bond donors (Lipinski definition) is 2.